The molecule has 0 spiro atoms. The van der Waals surface area contributed by atoms with Crippen LogP contribution in [0.25, 0.3) is 0 Å². The smallest absolute Gasteiger partial charge is 0.128 e. The molecule has 0 aliphatic heterocycles. The van der Waals surface area contributed by atoms with E-state index in [1.54, 1.807) is 7.11 Å². The van der Waals surface area contributed by atoms with Crippen molar-refractivity contribution in [2.24, 2.45) is 5.73 Å². The van der Waals surface area contributed by atoms with E-state index >= 15 is 0 Å². The summed E-state index contributed by atoms with van der Waals surface area (Å²) in [4.78, 5) is 0. The number of ether oxygens (including phenoxy) is 2. The summed E-state index contributed by atoms with van der Waals surface area (Å²) < 4.78 is 10.9. The minimum absolute atomic E-state index is 0.212. The average Bonchev–Trinajstić information content (AvgIpc) is 2.77. The lowest BCUT2D eigenvalue weighted by Gasteiger charge is -2.26. The number of hydrogen-bond acceptors (Lipinski definition) is 3. The second-order valence-electron chi connectivity index (χ2n) is 4.66. The van der Waals surface area contributed by atoms with E-state index in [1.165, 1.54) is 12.8 Å². The normalized spacial score (nSPS) is 18.1. The van der Waals surface area contributed by atoms with Crippen LogP contribution in [-0.2, 0) is 5.54 Å². The number of hydrogen-bond donors (Lipinski definition) is 1. The van der Waals surface area contributed by atoms with Crippen LogP contribution in [0.1, 0.15) is 38.2 Å². The lowest BCUT2D eigenvalue weighted by atomic mass is 9.88. The van der Waals surface area contributed by atoms with Gasteiger partial charge in [0.2, 0.25) is 0 Å². The Morgan fingerprint density at radius 1 is 1.29 bits per heavy atom. The van der Waals surface area contributed by atoms with Gasteiger partial charge in [0, 0.05) is 17.2 Å². The van der Waals surface area contributed by atoms with Crippen molar-refractivity contribution >= 4 is 0 Å². The molecule has 0 atom stereocenters. The van der Waals surface area contributed by atoms with Crippen LogP contribution in [0, 0.1) is 0 Å². The predicted molar refractivity (Wildman–Crippen MR) is 68.5 cm³/mol. The van der Waals surface area contributed by atoms with Crippen LogP contribution < -0.4 is 15.2 Å². The van der Waals surface area contributed by atoms with Crippen molar-refractivity contribution in [1.29, 1.82) is 0 Å². The number of rotatable bonds is 4. The molecule has 94 valence electrons. The lowest BCUT2D eigenvalue weighted by molar-refractivity contribution is 0.319. The molecule has 0 aromatic heterocycles. The molecule has 3 heteroatoms. The zero-order valence-corrected chi connectivity index (χ0v) is 10.7. The standard InChI is InChI=1S/C14H21NO2/c1-3-17-13-10-11(16-2)6-7-12(13)14(15)8-4-5-9-14/h6-7,10H,3-5,8-9,15H2,1-2H3. The van der Waals surface area contributed by atoms with E-state index in [1.807, 2.05) is 19.1 Å². The summed E-state index contributed by atoms with van der Waals surface area (Å²) in [5, 5.41) is 0. The van der Waals surface area contributed by atoms with Crippen molar-refractivity contribution in [3.63, 3.8) is 0 Å². The molecule has 0 radical (unpaired) electrons. The van der Waals surface area contributed by atoms with Crippen LogP contribution in [0.5, 0.6) is 11.5 Å². The Kier molecular flexibility index (Phi) is 3.57. The van der Waals surface area contributed by atoms with E-state index in [0.29, 0.717) is 6.61 Å². The summed E-state index contributed by atoms with van der Waals surface area (Å²) in [5.74, 6) is 1.69. The number of methoxy groups -OCH3 is 1. The maximum absolute atomic E-state index is 6.48. The minimum atomic E-state index is -0.212. The maximum Gasteiger partial charge on any atom is 0.128 e. The van der Waals surface area contributed by atoms with Crippen LogP contribution in [0.15, 0.2) is 18.2 Å². The fraction of sp³-hybridized carbons (Fsp3) is 0.571. The Hall–Kier alpha value is -1.22. The van der Waals surface area contributed by atoms with E-state index in [0.717, 1.165) is 29.9 Å². The molecule has 0 heterocycles. The fourth-order valence-electron chi connectivity index (χ4n) is 2.59. The summed E-state index contributed by atoms with van der Waals surface area (Å²) in [5.41, 5.74) is 7.39. The van der Waals surface area contributed by atoms with Crippen molar-refractivity contribution in [3.8, 4) is 11.5 Å². The van der Waals surface area contributed by atoms with Gasteiger partial charge >= 0.3 is 0 Å². The molecule has 0 bridgehead atoms. The van der Waals surface area contributed by atoms with Crippen molar-refractivity contribution in [2.45, 2.75) is 38.1 Å². The molecule has 3 nitrogen and oxygen atoms in total. The second kappa shape index (κ2) is 4.96. The molecular weight excluding hydrogens is 214 g/mol. The van der Waals surface area contributed by atoms with Crippen LogP contribution in [0.4, 0.5) is 0 Å². The van der Waals surface area contributed by atoms with E-state index in [-0.39, 0.29) is 5.54 Å². The maximum atomic E-state index is 6.48. The molecule has 1 aliphatic rings. The molecule has 1 aliphatic carbocycles. The number of nitrogens with two attached hydrogens (primary N) is 1. The SMILES string of the molecule is CCOc1cc(OC)ccc1C1(N)CCCC1. The second-order valence-corrected chi connectivity index (χ2v) is 4.66. The first-order chi connectivity index (χ1) is 8.19. The molecule has 0 amide bonds. The highest BCUT2D eigenvalue weighted by molar-refractivity contribution is 5.45. The van der Waals surface area contributed by atoms with Crippen molar-refractivity contribution in [3.05, 3.63) is 23.8 Å². The van der Waals surface area contributed by atoms with Gasteiger partial charge in [0.25, 0.3) is 0 Å². The molecule has 1 aromatic rings. The van der Waals surface area contributed by atoms with Crippen LogP contribution in [0.3, 0.4) is 0 Å². The van der Waals surface area contributed by atoms with Gasteiger partial charge in [0.15, 0.2) is 0 Å². The third-order valence-electron chi connectivity index (χ3n) is 3.52. The zero-order valence-electron chi connectivity index (χ0n) is 10.7. The Bertz CT molecular complexity index is 384. The Morgan fingerprint density at radius 2 is 2.00 bits per heavy atom. The Morgan fingerprint density at radius 3 is 2.59 bits per heavy atom. The van der Waals surface area contributed by atoms with Crippen LogP contribution in [-0.4, -0.2) is 13.7 Å². The summed E-state index contributed by atoms with van der Waals surface area (Å²) in [7, 11) is 1.67. The first-order valence-electron chi connectivity index (χ1n) is 6.30. The van der Waals surface area contributed by atoms with Gasteiger partial charge < -0.3 is 15.2 Å². The quantitative estimate of drug-likeness (QED) is 0.872. The van der Waals surface area contributed by atoms with Crippen molar-refractivity contribution in [1.82, 2.24) is 0 Å². The third kappa shape index (κ3) is 2.39. The van der Waals surface area contributed by atoms with Crippen LogP contribution >= 0.6 is 0 Å². The third-order valence-corrected chi connectivity index (χ3v) is 3.52. The monoisotopic (exact) mass is 235 g/mol. The summed E-state index contributed by atoms with van der Waals surface area (Å²) in [6.07, 6.45) is 4.49. The predicted octanol–water partition coefficient (Wildman–Crippen LogP) is 2.82. The van der Waals surface area contributed by atoms with Crippen LogP contribution in [0.2, 0.25) is 0 Å². The molecule has 17 heavy (non-hydrogen) atoms. The van der Waals surface area contributed by atoms with E-state index in [4.69, 9.17) is 15.2 Å². The first-order valence-corrected chi connectivity index (χ1v) is 6.30. The molecule has 1 aromatic carbocycles. The molecule has 1 saturated carbocycles. The zero-order chi connectivity index (χ0) is 12.3. The van der Waals surface area contributed by atoms with Gasteiger partial charge in [-0.05, 0) is 31.9 Å². The topological polar surface area (TPSA) is 44.5 Å². The highest BCUT2D eigenvalue weighted by Gasteiger charge is 2.33. The van der Waals surface area contributed by atoms with Gasteiger partial charge in [-0.1, -0.05) is 12.8 Å². The molecule has 0 unspecified atom stereocenters. The first kappa shape index (κ1) is 12.2. The molecule has 2 N–H and O–H groups in total. The van der Waals surface area contributed by atoms with Crippen molar-refractivity contribution in [2.75, 3.05) is 13.7 Å². The van der Waals surface area contributed by atoms with Gasteiger partial charge in [0.05, 0.1) is 13.7 Å². The van der Waals surface area contributed by atoms with Gasteiger partial charge in [-0.3, -0.25) is 0 Å². The van der Waals surface area contributed by atoms with E-state index in [2.05, 4.69) is 6.07 Å². The lowest BCUT2D eigenvalue weighted by Crippen LogP contribution is -2.33. The van der Waals surface area contributed by atoms with Gasteiger partial charge in [0.1, 0.15) is 11.5 Å². The summed E-state index contributed by atoms with van der Waals surface area (Å²) in [6.45, 7) is 2.64. The largest absolute Gasteiger partial charge is 0.497 e. The highest BCUT2D eigenvalue weighted by atomic mass is 16.5. The van der Waals surface area contributed by atoms with E-state index < -0.39 is 0 Å². The fourth-order valence-corrected chi connectivity index (χ4v) is 2.59. The molecule has 1 fully saturated rings. The Labute approximate surface area is 103 Å². The van der Waals surface area contributed by atoms with E-state index in [9.17, 15) is 0 Å². The van der Waals surface area contributed by atoms with Gasteiger partial charge in [-0.2, -0.15) is 0 Å². The summed E-state index contributed by atoms with van der Waals surface area (Å²) in [6, 6.07) is 5.95. The highest BCUT2D eigenvalue weighted by Crippen LogP contribution is 2.41. The Balaban J connectivity index is 2.37. The minimum Gasteiger partial charge on any atom is -0.497 e. The van der Waals surface area contributed by atoms with Gasteiger partial charge in [-0.25, -0.2) is 0 Å². The van der Waals surface area contributed by atoms with Gasteiger partial charge in [-0.15, -0.1) is 0 Å². The molecule has 0 saturated heterocycles. The molecular formula is C14H21NO2. The molecule has 2 rings (SSSR count). The summed E-state index contributed by atoms with van der Waals surface area (Å²) >= 11 is 0. The number of benzene rings is 1. The average molecular weight is 235 g/mol. The van der Waals surface area contributed by atoms with Crippen molar-refractivity contribution < 1.29 is 9.47 Å².